The number of furan rings is 1. The van der Waals surface area contributed by atoms with Crippen LogP contribution in [0.4, 0.5) is 0 Å². The molecule has 3 heterocycles. The average Bonchev–Trinajstić information content (AvgIpc) is 2.97. The summed E-state index contributed by atoms with van der Waals surface area (Å²) in [5.74, 6) is 0.282. The maximum atomic E-state index is 13.0. The van der Waals surface area contributed by atoms with Crippen LogP contribution in [0.2, 0.25) is 5.22 Å². The van der Waals surface area contributed by atoms with E-state index in [0.29, 0.717) is 23.8 Å². The first-order valence-corrected chi connectivity index (χ1v) is 9.28. The van der Waals surface area contributed by atoms with Crippen LogP contribution >= 0.6 is 22.9 Å². The molecule has 2 fully saturated rings. The van der Waals surface area contributed by atoms with Crippen molar-refractivity contribution in [3.05, 3.63) is 45.5 Å². The van der Waals surface area contributed by atoms with Crippen molar-refractivity contribution >= 4 is 28.8 Å². The molecular weight excluding hydrogens is 332 g/mol. The first-order valence-electron chi connectivity index (χ1n) is 7.96. The third-order valence-electron chi connectivity index (χ3n) is 5.10. The van der Waals surface area contributed by atoms with Gasteiger partial charge < -0.3 is 14.6 Å². The van der Waals surface area contributed by atoms with Crippen LogP contribution in [0.3, 0.4) is 0 Å². The van der Waals surface area contributed by atoms with E-state index in [1.165, 1.54) is 5.56 Å². The van der Waals surface area contributed by atoms with E-state index in [4.69, 9.17) is 16.0 Å². The molecule has 23 heavy (non-hydrogen) atoms. The van der Waals surface area contributed by atoms with Gasteiger partial charge in [-0.1, -0.05) is 0 Å². The lowest BCUT2D eigenvalue weighted by Gasteiger charge is -2.29. The van der Waals surface area contributed by atoms with E-state index < -0.39 is 0 Å². The number of amides is 1. The summed E-state index contributed by atoms with van der Waals surface area (Å²) in [4.78, 5) is 14.9. The second kappa shape index (κ2) is 5.96. The molecule has 2 aromatic rings. The fraction of sp³-hybridized carbons (Fsp3) is 0.471. The summed E-state index contributed by atoms with van der Waals surface area (Å²) in [6.07, 6.45) is 3.38. The number of carbonyl (C=O) groups excluding carboxylic acids is 1. The SMILES string of the molecule is O=C(c1ccc(Cl)o1)N(Cc1ccsc1)C1CC12CCNCC2. The van der Waals surface area contributed by atoms with E-state index in [-0.39, 0.29) is 11.1 Å². The highest BCUT2D eigenvalue weighted by molar-refractivity contribution is 7.07. The predicted octanol–water partition coefficient (Wildman–Crippen LogP) is 3.78. The molecule has 1 aliphatic carbocycles. The molecule has 0 bridgehead atoms. The van der Waals surface area contributed by atoms with Crippen LogP contribution in [0.1, 0.15) is 35.4 Å². The molecule has 1 spiro atoms. The summed E-state index contributed by atoms with van der Waals surface area (Å²) in [7, 11) is 0. The molecule has 1 saturated carbocycles. The minimum absolute atomic E-state index is 0.0523. The zero-order valence-corrected chi connectivity index (χ0v) is 14.3. The van der Waals surface area contributed by atoms with E-state index in [2.05, 4.69) is 22.1 Å². The van der Waals surface area contributed by atoms with Crippen LogP contribution in [-0.2, 0) is 6.54 Å². The van der Waals surface area contributed by atoms with E-state index >= 15 is 0 Å². The molecule has 0 aromatic carbocycles. The van der Waals surface area contributed by atoms with Crippen molar-refractivity contribution < 1.29 is 9.21 Å². The molecule has 2 aromatic heterocycles. The van der Waals surface area contributed by atoms with Gasteiger partial charge >= 0.3 is 0 Å². The van der Waals surface area contributed by atoms with Crippen molar-refractivity contribution in [3.63, 3.8) is 0 Å². The molecular formula is C17H19ClN2O2S. The second-order valence-corrected chi connectivity index (χ2v) is 7.65. The van der Waals surface area contributed by atoms with Crippen LogP contribution in [0.25, 0.3) is 0 Å². The summed E-state index contributed by atoms with van der Waals surface area (Å²) in [6, 6.07) is 5.69. The Morgan fingerprint density at radius 1 is 1.39 bits per heavy atom. The lowest BCUT2D eigenvalue weighted by Crippen LogP contribution is -2.39. The van der Waals surface area contributed by atoms with Crippen molar-refractivity contribution in [2.45, 2.75) is 31.8 Å². The fourth-order valence-corrected chi connectivity index (χ4v) is 4.51. The zero-order chi connectivity index (χ0) is 15.9. The smallest absolute Gasteiger partial charge is 0.290 e. The van der Waals surface area contributed by atoms with Crippen LogP contribution in [0.15, 0.2) is 33.4 Å². The first kappa shape index (κ1) is 15.2. The van der Waals surface area contributed by atoms with Crippen LogP contribution in [0.5, 0.6) is 0 Å². The van der Waals surface area contributed by atoms with Crippen LogP contribution < -0.4 is 5.32 Å². The molecule has 2 aliphatic rings. The number of nitrogens with zero attached hydrogens (tertiary/aromatic N) is 1. The quantitative estimate of drug-likeness (QED) is 0.912. The van der Waals surface area contributed by atoms with Crippen molar-refractivity contribution in [2.75, 3.05) is 13.1 Å². The Labute approximate surface area is 144 Å². The summed E-state index contributed by atoms with van der Waals surface area (Å²) in [5, 5.41) is 7.83. The molecule has 1 atom stereocenters. The number of nitrogens with one attached hydrogen (secondary N) is 1. The number of carbonyl (C=O) groups is 1. The van der Waals surface area contributed by atoms with E-state index in [1.807, 2.05) is 4.90 Å². The van der Waals surface area contributed by atoms with E-state index in [1.54, 1.807) is 23.5 Å². The molecule has 6 heteroatoms. The standard InChI is InChI=1S/C17H19ClN2O2S/c18-15-2-1-13(22-15)16(21)20(10-12-3-8-23-11-12)14-9-17(14)4-6-19-7-5-17/h1-3,8,11,14,19H,4-7,9-10H2. The summed E-state index contributed by atoms with van der Waals surface area (Å²) < 4.78 is 5.36. The molecule has 1 saturated heterocycles. The molecule has 1 N–H and O–H groups in total. The van der Waals surface area contributed by atoms with E-state index in [0.717, 1.165) is 32.4 Å². The van der Waals surface area contributed by atoms with Gasteiger partial charge in [0.05, 0.1) is 0 Å². The largest absolute Gasteiger partial charge is 0.440 e. The van der Waals surface area contributed by atoms with Gasteiger partial charge in [-0.3, -0.25) is 4.79 Å². The predicted molar refractivity (Wildman–Crippen MR) is 90.9 cm³/mol. The number of thiophene rings is 1. The second-order valence-electron chi connectivity index (χ2n) is 6.50. The Kier molecular flexibility index (Phi) is 3.95. The summed E-state index contributed by atoms with van der Waals surface area (Å²) in [5.41, 5.74) is 1.48. The Morgan fingerprint density at radius 3 is 2.87 bits per heavy atom. The Morgan fingerprint density at radius 2 is 2.22 bits per heavy atom. The normalized spacial score (nSPS) is 22.2. The first-order chi connectivity index (χ1) is 11.2. The molecule has 4 nitrogen and oxygen atoms in total. The van der Waals surface area contributed by atoms with Gasteiger partial charge in [0.2, 0.25) is 0 Å². The van der Waals surface area contributed by atoms with Crippen molar-refractivity contribution in [3.8, 4) is 0 Å². The fourth-order valence-electron chi connectivity index (χ4n) is 3.70. The van der Waals surface area contributed by atoms with Gasteiger partial charge in [0.15, 0.2) is 11.0 Å². The van der Waals surface area contributed by atoms with Crippen LogP contribution in [0, 0.1) is 5.41 Å². The van der Waals surface area contributed by atoms with Crippen LogP contribution in [-0.4, -0.2) is 29.9 Å². The maximum absolute atomic E-state index is 13.0. The Bertz CT molecular complexity index is 691. The topological polar surface area (TPSA) is 45.5 Å². The van der Waals surface area contributed by atoms with Gasteiger partial charge in [0, 0.05) is 12.6 Å². The lowest BCUT2D eigenvalue weighted by molar-refractivity contribution is 0.0660. The Balaban J connectivity index is 1.58. The van der Waals surface area contributed by atoms with Gasteiger partial charge in [-0.25, -0.2) is 0 Å². The lowest BCUT2D eigenvalue weighted by atomic mass is 9.93. The van der Waals surface area contributed by atoms with Gasteiger partial charge in [0.25, 0.3) is 5.91 Å². The highest BCUT2D eigenvalue weighted by atomic mass is 35.5. The van der Waals surface area contributed by atoms with Crippen molar-refractivity contribution in [1.82, 2.24) is 10.2 Å². The number of halogens is 1. The third-order valence-corrected chi connectivity index (χ3v) is 6.04. The number of rotatable bonds is 4. The minimum Gasteiger partial charge on any atom is -0.440 e. The van der Waals surface area contributed by atoms with Gasteiger partial charge in [0.1, 0.15) is 0 Å². The highest BCUT2D eigenvalue weighted by Gasteiger charge is 2.58. The average molecular weight is 351 g/mol. The summed E-state index contributed by atoms with van der Waals surface area (Å²) >= 11 is 7.51. The molecule has 1 amide bonds. The highest BCUT2D eigenvalue weighted by Crippen LogP contribution is 2.56. The zero-order valence-electron chi connectivity index (χ0n) is 12.8. The van der Waals surface area contributed by atoms with Gasteiger partial charge in [-0.05, 0) is 83.9 Å². The van der Waals surface area contributed by atoms with Gasteiger partial charge in [-0.2, -0.15) is 11.3 Å². The molecule has 122 valence electrons. The molecule has 1 unspecified atom stereocenters. The monoisotopic (exact) mass is 350 g/mol. The number of hydrogen-bond donors (Lipinski definition) is 1. The number of piperidine rings is 1. The summed E-state index contributed by atoms with van der Waals surface area (Å²) in [6.45, 7) is 2.73. The van der Waals surface area contributed by atoms with Crippen molar-refractivity contribution in [1.29, 1.82) is 0 Å². The maximum Gasteiger partial charge on any atom is 0.290 e. The molecule has 1 aliphatic heterocycles. The van der Waals surface area contributed by atoms with Gasteiger partial charge in [-0.15, -0.1) is 0 Å². The number of hydrogen-bond acceptors (Lipinski definition) is 4. The molecule has 4 rings (SSSR count). The van der Waals surface area contributed by atoms with Crippen molar-refractivity contribution in [2.24, 2.45) is 5.41 Å². The third kappa shape index (κ3) is 2.93. The minimum atomic E-state index is -0.0523. The molecule has 0 radical (unpaired) electrons. The Hall–Kier alpha value is -1.30. The van der Waals surface area contributed by atoms with E-state index in [9.17, 15) is 4.79 Å².